The molecule has 1 rings (SSSR count). The van der Waals surface area contributed by atoms with E-state index in [4.69, 9.17) is 5.11 Å². The van der Waals surface area contributed by atoms with Gasteiger partial charge in [0.2, 0.25) is 0 Å². The van der Waals surface area contributed by atoms with Crippen LogP contribution in [0.4, 0.5) is 0 Å². The molecule has 0 unspecified atom stereocenters. The van der Waals surface area contributed by atoms with Crippen molar-refractivity contribution in [3.8, 4) is 0 Å². The summed E-state index contributed by atoms with van der Waals surface area (Å²) in [5.41, 5.74) is 1.07. The molecular formula is C8H14NO+. The van der Waals surface area contributed by atoms with Gasteiger partial charge in [0.1, 0.15) is 18.8 Å². The Morgan fingerprint density at radius 2 is 2.30 bits per heavy atom. The number of rotatable bonds is 1. The molecule has 0 fully saturated rings. The van der Waals surface area contributed by atoms with Gasteiger partial charge in [0, 0.05) is 0 Å². The first-order chi connectivity index (χ1) is 4.67. The number of aliphatic hydroxyl groups is 1. The highest BCUT2D eigenvalue weighted by Gasteiger charge is 2.20. The van der Waals surface area contributed by atoms with Crippen LogP contribution in [0.25, 0.3) is 0 Å². The van der Waals surface area contributed by atoms with Gasteiger partial charge >= 0.3 is 0 Å². The second-order valence-corrected chi connectivity index (χ2v) is 3.11. The molecule has 1 aliphatic heterocycles. The van der Waals surface area contributed by atoms with Crippen molar-refractivity contribution in [1.82, 2.24) is 0 Å². The average Bonchev–Trinajstić information content (AvgIpc) is 1.87. The molecular weight excluding hydrogens is 126 g/mol. The van der Waals surface area contributed by atoms with E-state index in [9.17, 15) is 0 Å². The van der Waals surface area contributed by atoms with E-state index in [0.717, 1.165) is 16.7 Å². The van der Waals surface area contributed by atoms with Crippen LogP contribution < -0.4 is 0 Å². The van der Waals surface area contributed by atoms with E-state index in [1.807, 2.05) is 12.2 Å². The van der Waals surface area contributed by atoms with Crippen molar-refractivity contribution >= 4 is 0 Å². The molecule has 0 saturated heterocycles. The first kappa shape index (κ1) is 7.51. The quantitative estimate of drug-likeness (QED) is 0.526. The highest BCUT2D eigenvalue weighted by Crippen LogP contribution is 2.14. The third-order valence-corrected chi connectivity index (χ3v) is 1.93. The summed E-state index contributed by atoms with van der Waals surface area (Å²) in [6.07, 6.45) is 6.08. The third kappa shape index (κ3) is 1.28. The second-order valence-electron chi connectivity index (χ2n) is 3.11. The van der Waals surface area contributed by atoms with Crippen molar-refractivity contribution in [3.05, 3.63) is 23.9 Å². The number of hydrogen-bond acceptors (Lipinski definition) is 1. The summed E-state index contributed by atoms with van der Waals surface area (Å²) in [7, 11) is 4.18. The highest BCUT2D eigenvalue weighted by molar-refractivity contribution is 5.11. The van der Waals surface area contributed by atoms with E-state index >= 15 is 0 Å². The Kier molecular flexibility index (Phi) is 1.92. The summed E-state index contributed by atoms with van der Waals surface area (Å²) in [5, 5.41) is 8.91. The van der Waals surface area contributed by atoms with Crippen molar-refractivity contribution in [1.29, 1.82) is 0 Å². The number of quaternary nitrogens is 1. The predicted molar refractivity (Wildman–Crippen MR) is 41.3 cm³/mol. The first-order valence-electron chi connectivity index (χ1n) is 3.47. The monoisotopic (exact) mass is 140 g/mol. The Morgan fingerprint density at radius 1 is 1.60 bits per heavy atom. The molecule has 10 heavy (non-hydrogen) atoms. The van der Waals surface area contributed by atoms with E-state index in [2.05, 4.69) is 20.2 Å². The molecule has 2 nitrogen and oxygen atoms in total. The maximum Gasteiger partial charge on any atom is 0.134 e. The average molecular weight is 140 g/mol. The highest BCUT2D eigenvalue weighted by atomic mass is 16.3. The van der Waals surface area contributed by atoms with Crippen LogP contribution in [0.2, 0.25) is 0 Å². The second kappa shape index (κ2) is 2.56. The Morgan fingerprint density at radius 3 is 2.70 bits per heavy atom. The van der Waals surface area contributed by atoms with Gasteiger partial charge < -0.3 is 5.11 Å². The molecule has 0 spiro atoms. The first-order valence-corrected chi connectivity index (χ1v) is 3.47. The zero-order valence-electron chi connectivity index (χ0n) is 6.54. The Labute approximate surface area is 61.7 Å². The standard InChI is InChI=1S/C8H14NO/c1-9(2)6-4-3-5-8(9)7-10/h3-5,10H,6-7H2,1-2H3/q+1. The van der Waals surface area contributed by atoms with E-state index in [1.54, 1.807) is 0 Å². The van der Waals surface area contributed by atoms with Gasteiger partial charge in [-0.05, 0) is 12.2 Å². The van der Waals surface area contributed by atoms with Crippen molar-refractivity contribution < 1.29 is 9.59 Å². The van der Waals surface area contributed by atoms with Gasteiger partial charge in [-0.15, -0.1) is 0 Å². The fourth-order valence-corrected chi connectivity index (χ4v) is 1.07. The fourth-order valence-electron chi connectivity index (χ4n) is 1.07. The third-order valence-electron chi connectivity index (χ3n) is 1.93. The number of aliphatic hydroxyl groups excluding tert-OH is 1. The van der Waals surface area contributed by atoms with Crippen molar-refractivity contribution in [2.24, 2.45) is 0 Å². The minimum Gasteiger partial charge on any atom is -0.386 e. The maximum atomic E-state index is 8.91. The molecule has 0 aromatic carbocycles. The molecule has 0 amide bonds. The zero-order chi connectivity index (χ0) is 7.61. The largest absolute Gasteiger partial charge is 0.386 e. The van der Waals surface area contributed by atoms with E-state index in [1.165, 1.54) is 0 Å². The van der Waals surface area contributed by atoms with Crippen LogP contribution in [0, 0.1) is 0 Å². The fraction of sp³-hybridized carbons (Fsp3) is 0.500. The Hall–Kier alpha value is -0.600. The number of hydrogen-bond donors (Lipinski definition) is 1. The molecule has 0 aromatic heterocycles. The van der Waals surface area contributed by atoms with Crippen LogP contribution in [0.5, 0.6) is 0 Å². The molecule has 0 aromatic rings. The number of allylic oxidation sites excluding steroid dienone is 2. The van der Waals surface area contributed by atoms with Crippen molar-refractivity contribution in [2.45, 2.75) is 0 Å². The van der Waals surface area contributed by atoms with Crippen molar-refractivity contribution in [2.75, 3.05) is 27.2 Å². The topological polar surface area (TPSA) is 20.2 Å². The summed E-state index contributed by atoms with van der Waals surface area (Å²) >= 11 is 0. The molecule has 0 saturated carbocycles. The minimum absolute atomic E-state index is 0.164. The van der Waals surface area contributed by atoms with Crippen LogP contribution in [0.3, 0.4) is 0 Å². The summed E-state index contributed by atoms with van der Waals surface area (Å²) in [6.45, 7) is 1.14. The number of likely N-dealkylation sites (N-methyl/N-ethyl adjacent to an activating group) is 1. The van der Waals surface area contributed by atoms with E-state index < -0.39 is 0 Å². The van der Waals surface area contributed by atoms with Gasteiger partial charge in [0.15, 0.2) is 0 Å². The summed E-state index contributed by atoms with van der Waals surface area (Å²) in [6, 6.07) is 0. The molecule has 0 atom stereocenters. The van der Waals surface area contributed by atoms with Crippen LogP contribution >= 0.6 is 0 Å². The summed E-state index contributed by atoms with van der Waals surface area (Å²) in [5.74, 6) is 0. The molecule has 56 valence electrons. The van der Waals surface area contributed by atoms with Gasteiger partial charge in [-0.3, -0.25) is 4.48 Å². The molecule has 1 aliphatic rings. The van der Waals surface area contributed by atoms with E-state index in [-0.39, 0.29) is 6.61 Å². The molecule has 1 N–H and O–H groups in total. The van der Waals surface area contributed by atoms with Gasteiger partial charge in [0.25, 0.3) is 0 Å². The lowest BCUT2D eigenvalue weighted by Gasteiger charge is -2.31. The molecule has 1 heterocycles. The molecule has 0 bridgehead atoms. The lowest BCUT2D eigenvalue weighted by atomic mass is 10.2. The lowest BCUT2D eigenvalue weighted by molar-refractivity contribution is -0.848. The molecule has 0 aliphatic carbocycles. The minimum atomic E-state index is 0.164. The van der Waals surface area contributed by atoms with Crippen molar-refractivity contribution in [3.63, 3.8) is 0 Å². The Bertz CT molecular complexity index is 180. The van der Waals surface area contributed by atoms with Gasteiger partial charge in [-0.1, -0.05) is 6.08 Å². The number of nitrogens with zero attached hydrogens (tertiary/aromatic N) is 1. The van der Waals surface area contributed by atoms with Gasteiger partial charge in [0.05, 0.1) is 14.1 Å². The van der Waals surface area contributed by atoms with Gasteiger partial charge in [-0.25, -0.2) is 0 Å². The van der Waals surface area contributed by atoms with Crippen LogP contribution in [-0.2, 0) is 0 Å². The van der Waals surface area contributed by atoms with E-state index in [0.29, 0.717) is 0 Å². The van der Waals surface area contributed by atoms with Crippen LogP contribution in [0.15, 0.2) is 23.9 Å². The predicted octanol–water partition coefficient (Wildman–Crippen LogP) is 0.509. The summed E-state index contributed by atoms with van der Waals surface area (Å²) < 4.78 is 0.785. The lowest BCUT2D eigenvalue weighted by Crippen LogP contribution is -2.41. The normalized spacial score (nSPS) is 22.5. The maximum absolute atomic E-state index is 8.91. The smallest absolute Gasteiger partial charge is 0.134 e. The SMILES string of the molecule is C[N+]1(C)CC=CC=C1CO. The molecule has 2 heteroatoms. The van der Waals surface area contributed by atoms with Crippen LogP contribution in [-0.4, -0.2) is 36.8 Å². The van der Waals surface area contributed by atoms with Crippen LogP contribution in [0.1, 0.15) is 0 Å². The Balaban J connectivity index is 2.81. The molecule has 0 radical (unpaired) electrons. The van der Waals surface area contributed by atoms with Gasteiger partial charge in [-0.2, -0.15) is 0 Å². The summed E-state index contributed by atoms with van der Waals surface area (Å²) in [4.78, 5) is 0. The zero-order valence-corrected chi connectivity index (χ0v) is 6.54.